The minimum Gasteiger partial charge on any atom is -0.488 e. The van der Waals surface area contributed by atoms with E-state index in [0.29, 0.717) is 18.8 Å². The van der Waals surface area contributed by atoms with Gasteiger partial charge in [0.1, 0.15) is 19.0 Å². The van der Waals surface area contributed by atoms with Gasteiger partial charge >= 0.3 is 6.09 Å². The smallest absolute Gasteiger partial charge is 0.407 e. The van der Waals surface area contributed by atoms with E-state index in [1.165, 1.54) is 0 Å². The Morgan fingerprint density at radius 3 is 2.55 bits per heavy atom. The molecule has 5 heteroatoms. The quantitative estimate of drug-likeness (QED) is 0.486. The normalized spacial score (nSPS) is 10.7. The predicted octanol–water partition coefficient (Wildman–Crippen LogP) is 5.54. The number of hydrogen-bond donors (Lipinski definition) is 1. The van der Waals surface area contributed by atoms with Crippen LogP contribution in [0.25, 0.3) is 10.9 Å². The third-order valence-corrected chi connectivity index (χ3v) is 4.79. The highest BCUT2D eigenvalue weighted by molar-refractivity contribution is 5.86. The summed E-state index contributed by atoms with van der Waals surface area (Å²) < 4.78 is 11.6. The van der Waals surface area contributed by atoms with Gasteiger partial charge in [0.25, 0.3) is 0 Å². The third kappa shape index (κ3) is 5.70. The molecule has 0 radical (unpaired) electrons. The van der Waals surface area contributed by atoms with E-state index in [9.17, 15) is 4.79 Å². The van der Waals surface area contributed by atoms with Crippen LogP contribution in [0, 0.1) is 6.92 Å². The van der Waals surface area contributed by atoms with Crippen LogP contribution in [0.2, 0.25) is 0 Å². The van der Waals surface area contributed by atoms with Crippen molar-refractivity contribution >= 4 is 17.0 Å². The second-order valence-corrected chi connectivity index (χ2v) is 7.01. The molecular formula is C24H28N2O3. The molecule has 5 nitrogen and oxygen atoms in total. The molecule has 0 saturated carbocycles. The number of nitrogens with zero attached hydrogens (tertiary/aromatic N) is 1. The van der Waals surface area contributed by atoms with E-state index in [2.05, 4.69) is 17.2 Å². The lowest BCUT2D eigenvalue weighted by molar-refractivity contribution is 0.138. The van der Waals surface area contributed by atoms with Gasteiger partial charge in [-0.2, -0.15) is 0 Å². The summed E-state index contributed by atoms with van der Waals surface area (Å²) in [4.78, 5) is 16.6. The summed E-state index contributed by atoms with van der Waals surface area (Å²) in [5, 5.41) is 3.74. The van der Waals surface area contributed by atoms with Crippen LogP contribution in [0.1, 0.15) is 43.0 Å². The molecule has 0 aliphatic carbocycles. The van der Waals surface area contributed by atoms with E-state index in [-0.39, 0.29) is 6.61 Å². The summed E-state index contributed by atoms with van der Waals surface area (Å²) in [6, 6.07) is 17.9. The van der Waals surface area contributed by atoms with Gasteiger partial charge in [-0.25, -0.2) is 9.78 Å². The Hall–Kier alpha value is -3.08. The van der Waals surface area contributed by atoms with E-state index in [1.807, 2.05) is 61.5 Å². The number of fused-ring (bicyclic) bond motifs is 1. The molecule has 0 bridgehead atoms. The van der Waals surface area contributed by atoms with Crippen molar-refractivity contribution in [3.05, 3.63) is 71.4 Å². The van der Waals surface area contributed by atoms with Crippen molar-refractivity contribution in [3.63, 3.8) is 0 Å². The van der Waals surface area contributed by atoms with Crippen LogP contribution < -0.4 is 10.1 Å². The Labute approximate surface area is 172 Å². The van der Waals surface area contributed by atoms with Crippen LogP contribution in [0.5, 0.6) is 5.75 Å². The number of nitrogens with one attached hydrogen (secondary N) is 1. The number of benzene rings is 2. The van der Waals surface area contributed by atoms with Crippen LogP contribution in [0.15, 0.2) is 54.6 Å². The lowest BCUT2D eigenvalue weighted by Gasteiger charge is -2.16. The van der Waals surface area contributed by atoms with Crippen molar-refractivity contribution in [3.8, 4) is 5.75 Å². The zero-order valence-electron chi connectivity index (χ0n) is 17.1. The van der Waals surface area contributed by atoms with Crippen molar-refractivity contribution < 1.29 is 14.3 Å². The van der Waals surface area contributed by atoms with Crippen LogP contribution in [0.4, 0.5) is 4.79 Å². The van der Waals surface area contributed by atoms with Gasteiger partial charge in [0.15, 0.2) is 0 Å². The third-order valence-electron chi connectivity index (χ3n) is 4.79. The summed E-state index contributed by atoms with van der Waals surface area (Å²) in [7, 11) is 0. The standard InChI is InChI=1S/C24H28N2O3/c1-3-4-10-15-25-24(27)29-17-22-18(2)23(20-13-8-9-14-21(20)26-22)28-16-19-11-6-5-7-12-19/h5-9,11-14H,3-4,10,15-17H2,1-2H3,(H,25,27). The minimum absolute atomic E-state index is 0.109. The summed E-state index contributed by atoms with van der Waals surface area (Å²) in [6.07, 6.45) is 2.74. The molecule has 1 aromatic heterocycles. The van der Waals surface area contributed by atoms with Gasteiger partial charge < -0.3 is 14.8 Å². The average Bonchev–Trinajstić information content (AvgIpc) is 2.75. The number of hydrogen-bond acceptors (Lipinski definition) is 4. The fraction of sp³-hybridized carbons (Fsp3) is 0.333. The molecule has 2 aromatic carbocycles. The molecule has 0 aliphatic rings. The number of para-hydroxylation sites is 1. The maximum atomic E-state index is 12.0. The van der Waals surface area contributed by atoms with Crippen LogP contribution >= 0.6 is 0 Å². The van der Waals surface area contributed by atoms with Crippen LogP contribution in [-0.2, 0) is 18.0 Å². The first-order chi connectivity index (χ1) is 14.2. The van der Waals surface area contributed by atoms with Gasteiger partial charge in [0, 0.05) is 17.5 Å². The zero-order chi connectivity index (χ0) is 20.5. The molecule has 0 aliphatic heterocycles. The number of pyridine rings is 1. The fourth-order valence-corrected chi connectivity index (χ4v) is 3.13. The number of carbonyl (C=O) groups is 1. The van der Waals surface area contributed by atoms with E-state index in [1.54, 1.807) is 0 Å². The molecule has 3 rings (SSSR count). The van der Waals surface area contributed by atoms with Crippen molar-refractivity contribution in [2.75, 3.05) is 6.54 Å². The number of alkyl carbamates (subject to hydrolysis) is 1. The van der Waals surface area contributed by atoms with Crippen LogP contribution in [-0.4, -0.2) is 17.6 Å². The van der Waals surface area contributed by atoms with Crippen molar-refractivity contribution in [1.29, 1.82) is 0 Å². The first kappa shape index (κ1) is 20.6. The van der Waals surface area contributed by atoms with Gasteiger partial charge in [-0.1, -0.05) is 62.2 Å². The maximum absolute atomic E-state index is 12.0. The Morgan fingerprint density at radius 2 is 1.76 bits per heavy atom. The number of unbranched alkanes of at least 4 members (excludes halogenated alkanes) is 2. The molecule has 1 amide bonds. The number of rotatable bonds is 9. The lowest BCUT2D eigenvalue weighted by Crippen LogP contribution is -2.25. The van der Waals surface area contributed by atoms with E-state index >= 15 is 0 Å². The van der Waals surface area contributed by atoms with E-state index in [4.69, 9.17) is 9.47 Å². The first-order valence-electron chi connectivity index (χ1n) is 10.1. The van der Waals surface area contributed by atoms with Gasteiger partial charge in [0.2, 0.25) is 0 Å². The number of amides is 1. The molecule has 0 spiro atoms. The minimum atomic E-state index is -0.415. The Bertz CT molecular complexity index is 942. The largest absolute Gasteiger partial charge is 0.488 e. The molecule has 3 aromatic rings. The summed E-state index contributed by atoms with van der Waals surface area (Å²) in [5.41, 5.74) is 3.51. The Morgan fingerprint density at radius 1 is 1.00 bits per heavy atom. The highest BCUT2D eigenvalue weighted by Gasteiger charge is 2.15. The highest BCUT2D eigenvalue weighted by Crippen LogP contribution is 2.31. The fourth-order valence-electron chi connectivity index (χ4n) is 3.13. The first-order valence-corrected chi connectivity index (χ1v) is 10.1. The van der Waals surface area contributed by atoms with Gasteiger partial charge in [0.05, 0.1) is 11.2 Å². The molecule has 1 heterocycles. The molecule has 0 fully saturated rings. The van der Waals surface area contributed by atoms with Gasteiger partial charge in [-0.05, 0) is 31.0 Å². The molecule has 0 saturated heterocycles. The molecular weight excluding hydrogens is 364 g/mol. The SMILES string of the molecule is CCCCCNC(=O)OCc1nc2ccccc2c(OCc2ccccc2)c1C. The van der Waals surface area contributed by atoms with Crippen molar-refractivity contribution in [1.82, 2.24) is 10.3 Å². The monoisotopic (exact) mass is 392 g/mol. The Kier molecular flexibility index (Phi) is 7.45. The van der Waals surface area contributed by atoms with Crippen molar-refractivity contribution in [2.45, 2.75) is 46.3 Å². The lowest BCUT2D eigenvalue weighted by atomic mass is 10.1. The molecule has 0 unspecified atom stereocenters. The predicted molar refractivity (Wildman–Crippen MR) is 115 cm³/mol. The average molecular weight is 392 g/mol. The number of aromatic nitrogens is 1. The molecule has 29 heavy (non-hydrogen) atoms. The molecule has 0 atom stereocenters. The zero-order valence-corrected chi connectivity index (χ0v) is 17.1. The van der Waals surface area contributed by atoms with Gasteiger partial charge in [-0.3, -0.25) is 0 Å². The Balaban J connectivity index is 1.74. The summed E-state index contributed by atoms with van der Waals surface area (Å²) >= 11 is 0. The summed E-state index contributed by atoms with van der Waals surface area (Å²) in [6.45, 7) is 5.29. The summed E-state index contributed by atoms with van der Waals surface area (Å²) in [5.74, 6) is 0.779. The molecule has 152 valence electrons. The highest BCUT2D eigenvalue weighted by atomic mass is 16.5. The van der Waals surface area contributed by atoms with E-state index < -0.39 is 6.09 Å². The van der Waals surface area contributed by atoms with Crippen LogP contribution in [0.3, 0.4) is 0 Å². The topological polar surface area (TPSA) is 60.5 Å². The second-order valence-electron chi connectivity index (χ2n) is 7.01. The van der Waals surface area contributed by atoms with Crippen molar-refractivity contribution in [2.24, 2.45) is 0 Å². The van der Waals surface area contributed by atoms with E-state index in [0.717, 1.165) is 47.0 Å². The molecule has 1 N–H and O–H groups in total. The number of carbonyl (C=O) groups excluding carboxylic acids is 1. The maximum Gasteiger partial charge on any atom is 0.407 e. The van der Waals surface area contributed by atoms with Gasteiger partial charge in [-0.15, -0.1) is 0 Å². The number of ether oxygens (including phenoxy) is 2. The second kappa shape index (κ2) is 10.5.